The van der Waals surface area contributed by atoms with Crippen molar-refractivity contribution in [1.82, 2.24) is 20.3 Å². The number of aryl methyl sites for hydroxylation is 1. The van der Waals surface area contributed by atoms with Gasteiger partial charge < -0.3 is 14.8 Å². The zero-order chi connectivity index (χ0) is 22.1. The lowest BCUT2D eigenvalue weighted by atomic mass is 10.0. The van der Waals surface area contributed by atoms with Crippen LogP contribution in [0.5, 0.6) is 0 Å². The van der Waals surface area contributed by atoms with E-state index >= 15 is 0 Å². The molecule has 31 heavy (non-hydrogen) atoms. The largest absolute Gasteiger partial charge is 0.449 e. The molecule has 3 unspecified atom stereocenters. The first-order valence-electron chi connectivity index (χ1n) is 12.5. The van der Waals surface area contributed by atoms with Crippen molar-refractivity contribution in [3.63, 3.8) is 0 Å². The minimum atomic E-state index is -0.317. The normalized spacial score (nSPS) is 22.4. The predicted molar refractivity (Wildman–Crippen MR) is 121 cm³/mol. The van der Waals surface area contributed by atoms with Crippen LogP contribution in [0.2, 0.25) is 0 Å². The molecule has 2 aliphatic rings. The molecule has 7 nitrogen and oxygen atoms in total. The number of rotatable bonds is 13. The molecular formula is C24H42N4O3. The summed E-state index contributed by atoms with van der Waals surface area (Å²) in [6.45, 7) is 8.92. The average molecular weight is 435 g/mol. The summed E-state index contributed by atoms with van der Waals surface area (Å²) in [5, 5.41) is 11.6. The third-order valence-corrected chi connectivity index (χ3v) is 6.86. The fraction of sp³-hybridized carbons (Fsp3) is 0.875. The number of hydrogen-bond acceptors (Lipinski definition) is 5. The molecule has 0 aromatic carbocycles. The average Bonchev–Trinajstić information content (AvgIpc) is 3.23. The minimum Gasteiger partial charge on any atom is -0.449 e. The number of carbonyl (C=O) groups excluding carboxylic acids is 1. The summed E-state index contributed by atoms with van der Waals surface area (Å²) in [6, 6.07) is 0.350. The van der Waals surface area contributed by atoms with Gasteiger partial charge in [0, 0.05) is 19.2 Å². The SMILES string of the molecule is CCCCCCCCOCCNC(=O)OCC1C2CCc3nnn(C(C)C)c3CCC21. The van der Waals surface area contributed by atoms with Crippen molar-refractivity contribution in [1.29, 1.82) is 0 Å². The summed E-state index contributed by atoms with van der Waals surface area (Å²) in [5.74, 6) is 1.82. The lowest BCUT2D eigenvalue weighted by Gasteiger charge is -2.12. The van der Waals surface area contributed by atoms with E-state index in [1.54, 1.807) is 0 Å². The number of unbranched alkanes of at least 4 members (excludes halogenated alkanes) is 5. The van der Waals surface area contributed by atoms with Gasteiger partial charge in [0.15, 0.2) is 0 Å². The molecule has 3 rings (SSSR count). The zero-order valence-electron chi connectivity index (χ0n) is 19.8. The fourth-order valence-corrected chi connectivity index (χ4v) is 4.98. The number of nitrogens with one attached hydrogen (secondary N) is 1. The van der Waals surface area contributed by atoms with Crippen LogP contribution < -0.4 is 5.32 Å². The van der Waals surface area contributed by atoms with Gasteiger partial charge in [0.25, 0.3) is 0 Å². The quantitative estimate of drug-likeness (QED) is 0.455. The Kier molecular flexibility index (Phi) is 9.62. The summed E-state index contributed by atoms with van der Waals surface area (Å²) in [7, 11) is 0. The van der Waals surface area contributed by atoms with E-state index in [4.69, 9.17) is 9.47 Å². The molecular weight excluding hydrogens is 392 g/mol. The van der Waals surface area contributed by atoms with Gasteiger partial charge in [-0.15, -0.1) is 5.10 Å². The van der Waals surface area contributed by atoms with Crippen LogP contribution in [0.1, 0.15) is 89.6 Å². The Bertz CT molecular complexity index is 676. The van der Waals surface area contributed by atoms with Crippen molar-refractivity contribution in [2.75, 3.05) is 26.4 Å². The Balaban J connectivity index is 1.24. The Morgan fingerprint density at radius 2 is 1.84 bits per heavy atom. The second kappa shape index (κ2) is 12.4. The summed E-state index contributed by atoms with van der Waals surface area (Å²) in [5.41, 5.74) is 2.47. The lowest BCUT2D eigenvalue weighted by Crippen LogP contribution is -2.28. The van der Waals surface area contributed by atoms with E-state index < -0.39 is 0 Å². The number of amides is 1. The Morgan fingerprint density at radius 3 is 2.61 bits per heavy atom. The van der Waals surface area contributed by atoms with Gasteiger partial charge in [0.1, 0.15) is 0 Å². The Morgan fingerprint density at radius 1 is 1.10 bits per heavy atom. The van der Waals surface area contributed by atoms with E-state index in [2.05, 4.69) is 41.1 Å². The molecule has 1 heterocycles. The number of fused-ring (bicyclic) bond motifs is 2. The number of ether oxygens (including phenoxy) is 2. The van der Waals surface area contributed by atoms with Crippen LogP contribution in [0.25, 0.3) is 0 Å². The smallest absolute Gasteiger partial charge is 0.407 e. The van der Waals surface area contributed by atoms with E-state index in [-0.39, 0.29) is 6.09 Å². The van der Waals surface area contributed by atoms with Crippen LogP contribution >= 0.6 is 0 Å². The van der Waals surface area contributed by atoms with Crippen molar-refractivity contribution in [2.24, 2.45) is 17.8 Å². The molecule has 176 valence electrons. The Labute approximate surface area is 187 Å². The highest BCUT2D eigenvalue weighted by Crippen LogP contribution is 2.52. The maximum Gasteiger partial charge on any atom is 0.407 e. The first-order chi connectivity index (χ1) is 15.1. The van der Waals surface area contributed by atoms with Gasteiger partial charge in [-0.2, -0.15) is 0 Å². The van der Waals surface area contributed by atoms with Crippen molar-refractivity contribution >= 4 is 6.09 Å². The second-order valence-corrected chi connectivity index (χ2v) is 9.50. The van der Waals surface area contributed by atoms with Gasteiger partial charge in [-0.05, 0) is 63.7 Å². The molecule has 1 fully saturated rings. The molecule has 0 spiro atoms. The molecule has 0 bridgehead atoms. The van der Waals surface area contributed by atoms with Gasteiger partial charge >= 0.3 is 6.09 Å². The molecule has 0 radical (unpaired) electrons. The Hall–Kier alpha value is -1.63. The molecule has 1 aromatic rings. The second-order valence-electron chi connectivity index (χ2n) is 9.50. The van der Waals surface area contributed by atoms with Gasteiger partial charge in [0.05, 0.1) is 24.6 Å². The molecule has 1 aromatic heterocycles. The molecule has 0 aliphatic heterocycles. The molecule has 2 aliphatic carbocycles. The minimum absolute atomic E-state index is 0.317. The van der Waals surface area contributed by atoms with Crippen LogP contribution in [0.4, 0.5) is 4.79 Å². The molecule has 1 amide bonds. The van der Waals surface area contributed by atoms with Crippen LogP contribution in [0.15, 0.2) is 0 Å². The molecule has 1 N–H and O–H groups in total. The molecule has 3 atom stereocenters. The third kappa shape index (κ3) is 7.19. The predicted octanol–water partition coefficient (Wildman–Crippen LogP) is 4.70. The highest BCUT2D eigenvalue weighted by molar-refractivity contribution is 5.67. The summed E-state index contributed by atoms with van der Waals surface area (Å²) in [6.07, 6.45) is 11.5. The summed E-state index contributed by atoms with van der Waals surface area (Å²) in [4.78, 5) is 12.0. The van der Waals surface area contributed by atoms with E-state index in [1.807, 2.05) is 0 Å². The summed E-state index contributed by atoms with van der Waals surface area (Å²) < 4.78 is 13.2. The van der Waals surface area contributed by atoms with Crippen LogP contribution in [0.3, 0.4) is 0 Å². The van der Waals surface area contributed by atoms with E-state index in [0.29, 0.717) is 43.6 Å². The van der Waals surface area contributed by atoms with Gasteiger partial charge in [-0.25, -0.2) is 9.48 Å². The van der Waals surface area contributed by atoms with Crippen LogP contribution in [0, 0.1) is 17.8 Å². The molecule has 7 heteroatoms. The first kappa shape index (κ1) is 24.0. The van der Waals surface area contributed by atoms with Crippen LogP contribution in [-0.2, 0) is 22.3 Å². The highest BCUT2D eigenvalue weighted by atomic mass is 16.5. The zero-order valence-corrected chi connectivity index (χ0v) is 19.8. The molecule has 1 saturated carbocycles. The monoisotopic (exact) mass is 434 g/mol. The lowest BCUT2D eigenvalue weighted by molar-refractivity contribution is 0.116. The number of carbonyl (C=O) groups is 1. The third-order valence-electron chi connectivity index (χ3n) is 6.86. The van der Waals surface area contributed by atoms with Gasteiger partial charge in [0.2, 0.25) is 0 Å². The maximum absolute atomic E-state index is 12.0. The fourth-order valence-electron chi connectivity index (χ4n) is 4.98. The van der Waals surface area contributed by atoms with Crippen molar-refractivity contribution in [2.45, 2.75) is 91.0 Å². The van der Waals surface area contributed by atoms with Gasteiger partial charge in [-0.3, -0.25) is 0 Å². The number of hydrogen-bond donors (Lipinski definition) is 1. The standard InChI is InChI=1S/C24H42N4O3/c1-4-5-6-7-8-9-15-30-16-14-25-24(29)31-17-21-19-10-12-22-23(13-11-20(19)21)28(18(2)3)27-26-22/h18-21H,4-17H2,1-3H3,(H,25,29). The van der Waals surface area contributed by atoms with E-state index in [0.717, 1.165) is 44.4 Å². The van der Waals surface area contributed by atoms with E-state index in [1.165, 1.54) is 37.8 Å². The number of alkyl carbamates (subject to hydrolysis) is 1. The van der Waals surface area contributed by atoms with Gasteiger partial charge in [-0.1, -0.05) is 44.2 Å². The topological polar surface area (TPSA) is 78.3 Å². The maximum atomic E-state index is 12.0. The first-order valence-corrected chi connectivity index (χ1v) is 12.5. The van der Waals surface area contributed by atoms with Crippen molar-refractivity contribution in [3.05, 3.63) is 11.4 Å². The van der Waals surface area contributed by atoms with Crippen LogP contribution in [-0.4, -0.2) is 47.5 Å². The summed E-state index contributed by atoms with van der Waals surface area (Å²) >= 11 is 0. The van der Waals surface area contributed by atoms with Crippen molar-refractivity contribution in [3.8, 4) is 0 Å². The van der Waals surface area contributed by atoms with Crippen molar-refractivity contribution < 1.29 is 14.3 Å². The van der Waals surface area contributed by atoms with E-state index in [9.17, 15) is 4.79 Å². The highest BCUT2D eigenvalue weighted by Gasteiger charge is 2.50. The molecule has 0 saturated heterocycles. The number of aromatic nitrogens is 3. The number of nitrogens with zero attached hydrogens (tertiary/aromatic N) is 3.